The summed E-state index contributed by atoms with van der Waals surface area (Å²) in [7, 11) is 0. The van der Waals surface area contributed by atoms with Crippen LogP contribution in [0.4, 0.5) is 0 Å². The first kappa shape index (κ1) is 16.3. The van der Waals surface area contributed by atoms with Crippen LogP contribution in [-0.2, 0) is 16.1 Å². The average Bonchev–Trinajstić information content (AvgIpc) is 2.58. The van der Waals surface area contributed by atoms with Crippen molar-refractivity contribution in [3.63, 3.8) is 0 Å². The molecule has 1 aliphatic rings. The Kier molecular flexibility index (Phi) is 4.71. The SMILES string of the molecule is Cc1cc([C@H]2CN(C(=O)Cn3nc(C)ccc3=O)CCO2)ccn1. The van der Waals surface area contributed by atoms with Gasteiger partial charge in [0.15, 0.2) is 0 Å². The highest BCUT2D eigenvalue weighted by molar-refractivity contribution is 5.76. The van der Waals surface area contributed by atoms with E-state index in [0.29, 0.717) is 25.4 Å². The monoisotopic (exact) mass is 328 g/mol. The zero-order valence-electron chi connectivity index (χ0n) is 13.8. The molecule has 1 aliphatic heterocycles. The number of amides is 1. The minimum Gasteiger partial charge on any atom is -0.370 e. The predicted molar refractivity (Wildman–Crippen MR) is 87.5 cm³/mol. The summed E-state index contributed by atoms with van der Waals surface area (Å²) in [6.45, 7) is 5.10. The number of morpholine rings is 1. The van der Waals surface area contributed by atoms with Gasteiger partial charge in [-0.2, -0.15) is 5.10 Å². The average molecular weight is 328 g/mol. The van der Waals surface area contributed by atoms with Gasteiger partial charge < -0.3 is 9.64 Å². The summed E-state index contributed by atoms with van der Waals surface area (Å²) in [6, 6.07) is 6.93. The minimum absolute atomic E-state index is 0.0530. The Labute approximate surface area is 139 Å². The molecule has 0 unspecified atom stereocenters. The number of nitrogens with zero attached hydrogens (tertiary/aromatic N) is 4. The van der Waals surface area contributed by atoms with Crippen molar-refractivity contribution in [1.29, 1.82) is 0 Å². The lowest BCUT2D eigenvalue weighted by atomic mass is 10.1. The Morgan fingerprint density at radius 3 is 2.92 bits per heavy atom. The molecule has 2 aromatic heterocycles. The van der Waals surface area contributed by atoms with Crippen LogP contribution in [0, 0.1) is 13.8 Å². The van der Waals surface area contributed by atoms with Crippen LogP contribution in [0.25, 0.3) is 0 Å². The van der Waals surface area contributed by atoms with E-state index in [9.17, 15) is 9.59 Å². The maximum absolute atomic E-state index is 12.5. The van der Waals surface area contributed by atoms with Gasteiger partial charge in [-0.1, -0.05) is 0 Å². The highest BCUT2D eigenvalue weighted by atomic mass is 16.5. The van der Waals surface area contributed by atoms with E-state index in [1.165, 1.54) is 10.7 Å². The lowest BCUT2D eigenvalue weighted by Crippen LogP contribution is -2.45. The van der Waals surface area contributed by atoms with E-state index in [-0.39, 0.29) is 24.1 Å². The van der Waals surface area contributed by atoms with E-state index in [4.69, 9.17) is 4.74 Å². The quantitative estimate of drug-likeness (QED) is 0.835. The number of aryl methyl sites for hydroxylation is 2. The molecule has 126 valence electrons. The summed E-state index contributed by atoms with van der Waals surface area (Å²) in [5.74, 6) is -0.130. The number of ether oxygens (including phenoxy) is 1. The number of aromatic nitrogens is 3. The van der Waals surface area contributed by atoms with Crippen molar-refractivity contribution in [3.05, 3.63) is 57.8 Å². The summed E-state index contributed by atoms with van der Waals surface area (Å²) in [4.78, 5) is 30.2. The molecule has 7 heteroatoms. The highest BCUT2D eigenvalue weighted by Crippen LogP contribution is 2.22. The van der Waals surface area contributed by atoms with Gasteiger partial charge in [0.25, 0.3) is 5.56 Å². The van der Waals surface area contributed by atoms with Crippen molar-refractivity contribution in [2.24, 2.45) is 0 Å². The molecule has 1 atom stereocenters. The number of pyridine rings is 1. The highest BCUT2D eigenvalue weighted by Gasteiger charge is 2.26. The molecule has 24 heavy (non-hydrogen) atoms. The molecule has 0 aliphatic carbocycles. The molecule has 0 spiro atoms. The van der Waals surface area contributed by atoms with Gasteiger partial charge in [-0.3, -0.25) is 14.6 Å². The van der Waals surface area contributed by atoms with E-state index in [0.717, 1.165) is 11.3 Å². The third kappa shape index (κ3) is 3.68. The van der Waals surface area contributed by atoms with Crippen molar-refractivity contribution >= 4 is 5.91 Å². The van der Waals surface area contributed by atoms with E-state index in [1.54, 1.807) is 24.1 Å². The van der Waals surface area contributed by atoms with Gasteiger partial charge >= 0.3 is 0 Å². The Hall–Kier alpha value is -2.54. The largest absolute Gasteiger partial charge is 0.370 e. The molecule has 3 heterocycles. The third-order valence-electron chi connectivity index (χ3n) is 4.00. The Morgan fingerprint density at radius 2 is 2.12 bits per heavy atom. The van der Waals surface area contributed by atoms with Gasteiger partial charge in [0.2, 0.25) is 5.91 Å². The second-order valence-electron chi connectivity index (χ2n) is 5.90. The van der Waals surface area contributed by atoms with Crippen LogP contribution in [0.2, 0.25) is 0 Å². The number of rotatable bonds is 3. The Balaban J connectivity index is 1.71. The molecule has 0 saturated carbocycles. The molecule has 0 aromatic carbocycles. The van der Waals surface area contributed by atoms with E-state index < -0.39 is 0 Å². The Morgan fingerprint density at radius 1 is 1.29 bits per heavy atom. The van der Waals surface area contributed by atoms with Crippen molar-refractivity contribution in [3.8, 4) is 0 Å². The van der Waals surface area contributed by atoms with Gasteiger partial charge in [0, 0.05) is 24.5 Å². The van der Waals surface area contributed by atoms with Crippen molar-refractivity contribution in [2.45, 2.75) is 26.5 Å². The van der Waals surface area contributed by atoms with E-state index >= 15 is 0 Å². The summed E-state index contributed by atoms with van der Waals surface area (Å²) in [5, 5.41) is 4.11. The fourth-order valence-electron chi connectivity index (χ4n) is 2.74. The third-order valence-corrected chi connectivity index (χ3v) is 4.00. The second-order valence-corrected chi connectivity index (χ2v) is 5.90. The lowest BCUT2D eigenvalue weighted by molar-refractivity contribution is -0.140. The summed E-state index contributed by atoms with van der Waals surface area (Å²) < 4.78 is 6.99. The topological polar surface area (TPSA) is 77.3 Å². The lowest BCUT2D eigenvalue weighted by Gasteiger charge is -2.33. The molecular weight excluding hydrogens is 308 g/mol. The van der Waals surface area contributed by atoms with Crippen molar-refractivity contribution in [2.75, 3.05) is 19.7 Å². The van der Waals surface area contributed by atoms with Crippen LogP contribution in [0.15, 0.2) is 35.3 Å². The number of hydrogen-bond donors (Lipinski definition) is 0. The smallest absolute Gasteiger partial charge is 0.267 e. The van der Waals surface area contributed by atoms with Gasteiger partial charge in [-0.15, -0.1) is 0 Å². The maximum Gasteiger partial charge on any atom is 0.267 e. The predicted octanol–water partition coefficient (Wildman–Crippen LogP) is 0.855. The standard InChI is InChI=1S/C17H20N4O3/c1-12-3-4-16(22)21(19-12)11-17(23)20-7-8-24-15(10-20)14-5-6-18-13(2)9-14/h3-6,9,15H,7-8,10-11H2,1-2H3/t15-/m1/s1. The second kappa shape index (κ2) is 6.92. The molecular formula is C17H20N4O3. The van der Waals surface area contributed by atoms with Gasteiger partial charge in [0.1, 0.15) is 12.6 Å². The van der Waals surface area contributed by atoms with Crippen LogP contribution in [0.1, 0.15) is 23.1 Å². The molecule has 0 bridgehead atoms. The van der Waals surface area contributed by atoms with Gasteiger partial charge in [-0.05, 0) is 37.6 Å². The molecule has 0 radical (unpaired) electrons. The number of hydrogen-bond acceptors (Lipinski definition) is 5. The van der Waals surface area contributed by atoms with Crippen molar-refractivity contribution in [1.82, 2.24) is 19.7 Å². The normalized spacial score (nSPS) is 17.8. The van der Waals surface area contributed by atoms with Crippen LogP contribution in [0.5, 0.6) is 0 Å². The first-order valence-electron chi connectivity index (χ1n) is 7.89. The molecule has 7 nitrogen and oxygen atoms in total. The van der Waals surface area contributed by atoms with Gasteiger partial charge in [-0.25, -0.2) is 4.68 Å². The molecule has 1 saturated heterocycles. The molecule has 1 amide bonds. The first-order valence-corrected chi connectivity index (χ1v) is 7.89. The van der Waals surface area contributed by atoms with E-state index in [1.807, 2.05) is 19.1 Å². The minimum atomic E-state index is -0.275. The van der Waals surface area contributed by atoms with Crippen LogP contribution in [0.3, 0.4) is 0 Å². The maximum atomic E-state index is 12.5. The zero-order chi connectivity index (χ0) is 17.1. The molecule has 0 N–H and O–H groups in total. The zero-order valence-corrected chi connectivity index (χ0v) is 13.8. The molecule has 1 fully saturated rings. The van der Waals surface area contributed by atoms with E-state index in [2.05, 4.69) is 10.1 Å². The number of carbonyl (C=O) groups is 1. The summed E-state index contributed by atoms with van der Waals surface area (Å²) in [5.41, 5.74) is 2.35. The van der Waals surface area contributed by atoms with Crippen LogP contribution < -0.4 is 5.56 Å². The Bertz CT molecular complexity index is 802. The first-order chi connectivity index (χ1) is 11.5. The fraction of sp³-hybridized carbons (Fsp3) is 0.412. The van der Waals surface area contributed by atoms with Crippen LogP contribution in [-0.4, -0.2) is 45.3 Å². The van der Waals surface area contributed by atoms with Gasteiger partial charge in [0.05, 0.1) is 18.8 Å². The molecule has 3 rings (SSSR count). The summed E-state index contributed by atoms with van der Waals surface area (Å²) >= 11 is 0. The summed E-state index contributed by atoms with van der Waals surface area (Å²) in [6.07, 6.45) is 1.57. The molecule has 2 aromatic rings. The van der Waals surface area contributed by atoms with Crippen molar-refractivity contribution < 1.29 is 9.53 Å². The van der Waals surface area contributed by atoms with Crippen LogP contribution >= 0.6 is 0 Å². The number of carbonyl (C=O) groups excluding carboxylic acids is 1. The fourth-order valence-corrected chi connectivity index (χ4v) is 2.74.